The van der Waals surface area contributed by atoms with Crippen molar-refractivity contribution in [2.24, 2.45) is 11.8 Å². The normalized spacial score (nSPS) is 33.5. The average Bonchev–Trinajstić information content (AvgIpc) is 2.78. The Morgan fingerprint density at radius 3 is 2.68 bits per heavy atom. The van der Waals surface area contributed by atoms with Crippen molar-refractivity contribution in [2.75, 3.05) is 19.7 Å². The molecule has 122 valence electrons. The van der Waals surface area contributed by atoms with E-state index in [1.54, 1.807) is 16.8 Å². The quantitative estimate of drug-likeness (QED) is 0.850. The highest BCUT2D eigenvalue weighted by Crippen LogP contribution is 2.37. The molecule has 0 amide bonds. The molecule has 1 aromatic rings. The Kier molecular flexibility index (Phi) is 3.78. The second-order valence-electron chi connectivity index (χ2n) is 6.99. The van der Waals surface area contributed by atoms with E-state index in [2.05, 4.69) is 0 Å². The molecule has 4 fully saturated rings. The zero-order valence-corrected chi connectivity index (χ0v) is 13.5. The van der Waals surface area contributed by atoms with Gasteiger partial charge in [0, 0.05) is 19.7 Å². The summed E-state index contributed by atoms with van der Waals surface area (Å²) in [4.78, 5) is 0. The van der Waals surface area contributed by atoms with E-state index in [0.29, 0.717) is 24.9 Å². The SMILES string of the molecule is O=S(=O)(C1CCC2CCC1OC2)N1CC(Cc2ccoc2)C1. The third-order valence-corrected chi connectivity index (χ3v) is 7.77. The Balaban J connectivity index is 1.40. The maximum absolute atomic E-state index is 12.9. The predicted octanol–water partition coefficient (Wildman–Crippen LogP) is 2.04. The molecule has 3 saturated heterocycles. The molecular formula is C16H23NO4S. The summed E-state index contributed by atoms with van der Waals surface area (Å²) in [6.45, 7) is 2.03. The second-order valence-corrected chi connectivity index (χ2v) is 9.15. The lowest BCUT2D eigenvalue weighted by molar-refractivity contribution is -0.00105. The predicted molar refractivity (Wildman–Crippen MR) is 81.9 cm³/mol. The lowest BCUT2D eigenvalue weighted by Gasteiger charge is -2.41. The first-order chi connectivity index (χ1) is 10.6. The molecule has 1 aliphatic carbocycles. The Morgan fingerprint density at radius 2 is 2.00 bits per heavy atom. The number of ether oxygens (including phenoxy) is 1. The second kappa shape index (κ2) is 5.65. The van der Waals surface area contributed by atoms with E-state index in [9.17, 15) is 8.42 Å². The van der Waals surface area contributed by atoms with Gasteiger partial charge in [0.1, 0.15) is 5.25 Å². The lowest BCUT2D eigenvalue weighted by atomic mass is 9.96. The van der Waals surface area contributed by atoms with Crippen molar-refractivity contribution in [2.45, 2.75) is 43.5 Å². The highest BCUT2D eigenvalue weighted by Gasteiger charge is 2.46. The first-order valence-corrected chi connectivity index (χ1v) is 9.75. The van der Waals surface area contributed by atoms with Gasteiger partial charge in [-0.05, 0) is 55.6 Å². The summed E-state index contributed by atoms with van der Waals surface area (Å²) in [5.74, 6) is 0.983. The fourth-order valence-electron chi connectivity index (χ4n) is 4.07. The minimum absolute atomic E-state index is 0.0864. The van der Waals surface area contributed by atoms with Crippen LogP contribution in [0.15, 0.2) is 23.0 Å². The molecule has 0 aromatic carbocycles. The van der Waals surface area contributed by atoms with Gasteiger partial charge in [-0.1, -0.05) is 0 Å². The largest absolute Gasteiger partial charge is 0.472 e. The summed E-state index contributed by atoms with van der Waals surface area (Å²) >= 11 is 0. The summed E-state index contributed by atoms with van der Waals surface area (Å²) in [5.41, 5.74) is 1.15. The van der Waals surface area contributed by atoms with E-state index >= 15 is 0 Å². The van der Waals surface area contributed by atoms with Crippen LogP contribution in [0.4, 0.5) is 0 Å². The lowest BCUT2D eigenvalue weighted by Crippen LogP contribution is -2.55. The molecule has 5 nitrogen and oxygen atoms in total. The van der Waals surface area contributed by atoms with E-state index in [1.807, 2.05) is 6.07 Å². The van der Waals surface area contributed by atoms with Crippen LogP contribution < -0.4 is 0 Å². The van der Waals surface area contributed by atoms with Crippen molar-refractivity contribution >= 4 is 10.0 Å². The van der Waals surface area contributed by atoms with Gasteiger partial charge in [-0.25, -0.2) is 12.7 Å². The topological polar surface area (TPSA) is 59.8 Å². The minimum atomic E-state index is -3.21. The van der Waals surface area contributed by atoms with Gasteiger partial charge >= 0.3 is 0 Å². The van der Waals surface area contributed by atoms with Crippen molar-refractivity contribution in [3.05, 3.63) is 24.2 Å². The van der Waals surface area contributed by atoms with E-state index in [0.717, 1.165) is 44.3 Å². The maximum Gasteiger partial charge on any atom is 0.219 e. The molecule has 6 heteroatoms. The molecule has 22 heavy (non-hydrogen) atoms. The summed E-state index contributed by atoms with van der Waals surface area (Å²) in [6.07, 6.45) is 8.01. The molecule has 4 aliphatic rings. The highest BCUT2D eigenvalue weighted by molar-refractivity contribution is 7.89. The van der Waals surface area contributed by atoms with E-state index in [1.165, 1.54) is 0 Å². The maximum atomic E-state index is 12.9. The Bertz CT molecular complexity index is 598. The molecule has 3 unspecified atom stereocenters. The standard InChI is InChI=1S/C16H23NO4S/c18-22(19,16-4-2-12-1-3-15(16)21-11-12)17-8-14(9-17)7-13-5-6-20-10-13/h5-6,10,12,14-16H,1-4,7-9,11H2. The summed E-state index contributed by atoms with van der Waals surface area (Å²) in [5, 5.41) is -0.324. The molecule has 2 bridgehead atoms. The van der Waals surface area contributed by atoms with Gasteiger partial charge in [-0.3, -0.25) is 0 Å². The van der Waals surface area contributed by atoms with Gasteiger partial charge in [-0.15, -0.1) is 0 Å². The number of hydrogen-bond donors (Lipinski definition) is 0. The highest BCUT2D eigenvalue weighted by atomic mass is 32.2. The fourth-order valence-corrected chi connectivity index (χ4v) is 6.32. The van der Waals surface area contributed by atoms with Crippen LogP contribution in [0.2, 0.25) is 0 Å². The Morgan fingerprint density at radius 1 is 1.18 bits per heavy atom. The number of sulfonamides is 1. The van der Waals surface area contributed by atoms with Crippen LogP contribution in [0.25, 0.3) is 0 Å². The minimum Gasteiger partial charge on any atom is -0.472 e. The van der Waals surface area contributed by atoms with Crippen molar-refractivity contribution in [1.29, 1.82) is 0 Å². The van der Waals surface area contributed by atoms with Crippen LogP contribution in [0.5, 0.6) is 0 Å². The summed E-state index contributed by atoms with van der Waals surface area (Å²) in [6, 6.07) is 1.95. The van der Waals surface area contributed by atoms with Gasteiger partial charge < -0.3 is 9.15 Å². The molecular weight excluding hydrogens is 302 g/mol. The average molecular weight is 325 g/mol. The van der Waals surface area contributed by atoms with E-state index in [4.69, 9.17) is 9.15 Å². The van der Waals surface area contributed by atoms with Crippen molar-refractivity contribution in [3.8, 4) is 0 Å². The number of rotatable bonds is 4. The molecule has 1 aromatic heterocycles. The van der Waals surface area contributed by atoms with Crippen molar-refractivity contribution in [1.82, 2.24) is 4.31 Å². The summed E-state index contributed by atoms with van der Waals surface area (Å²) in [7, 11) is -3.21. The van der Waals surface area contributed by atoms with Crippen molar-refractivity contribution in [3.63, 3.8) is 0 Å². The zero-order chi connectivity index (χ0) is 15.2. The fraction of sp³-hybridized carbons (Fsp3) is 0.750. The van der Waals surface area contributed by atoms with Gasteiger partial charge in [0.2, 0.25) is 10.0 Å². The first-order valence-electron chi connectivity index (χ1n) is 8.24. The number of fused-ring (bicyclic) bond motifs is 4. The van der Waals surface area contributed by atoms with Crippen LogP contribution in [-0.4, -0.2) is 43.8 Å². The molecule has 0 spiro atoms. The van der Waals surface area contributed by atoms with Gasteiger partial charge in [0.15, 0.2) is 0 Å². The zero-order valence-electron chi connectivity index (χ0n) is 12.7. The monoisotopic (exact) mass is 325 g/mol. The van der Waals surface area contributed by atoms with Crippen LogP contribution in [0, 0.1) is 11.8 Å². The molecule has 0 radical (unpaired) electrons. The molecule has 1 saturated carbocycles. The molecule has 3 aliphatic heterocycles. The van der Waals surface area contributed by atoms with Crippen molar-refractivity contribution < 1.29 is 17.6 Å². The molecule has 0 N–H and O–H groups in total. The van der Waals surface area contributed by atoms with Gasteiger partial charge in [-0.2, -0.15) is 0 Å². The number of nitrogens with zero attached hydrogens (tertiary/aromatic N) is 1. The first kappa shape index (κ1) is 14.7. The summed E-state index contributed by atoms with van der Waals surface area (Å²) < 4.78 is 38.3. The Hall–Kier alpha value is -0.850. The van der Waals surface area contributed by atoms with E-state index in [-0.39, 0.29) is 11.4 Å². The van der Waals surface area contributed by atoms with Gasteiger partial charge in [0.25, 0.3) is 0 Å². The van der Waals surface area contributed by atoms with Crippen LogP contribution in [0.1, 0.15) is 31.2 Å². The molecule has 3 atom stereocenters. The third-order valence-electron chi connectivity index (χ3n) is 5.45. The van der Waals surface area contributed by atoms with Crippen LogP contribution in [0.3, 0.4) is 0 Å². The van der Waals surface area contributed by atoms with Gasteiger partial charge in [0.05, 0.1) is 18.6 Å². The third kappa shape index (κ3) is 2.61. The smallest absolute Gasteiger partial charge is 0.219 e. The molecule has 5 rings (SSSR count). The number of furan rings is 1. The van der Waals surface area contributed by atoms with Crippen LogP contribution in [-0.2, 0) is 21.2 Å². The van der Waals surface area contributed by atoms with E-state index < -0.39 is 10.0 Å². The molecule has 4 heterocycles. The van der Waals surface area contributed by atoms with Crippen LogP contribution >= 0.6 is 0 Å². The Labute approximate surface area is 131 Å². The number of hydrogen-bond acceptors (Lipinski definition) is 4.